The molecule has 1 atom stereocenters. The number of unbranched alkanes of at least 4 members (excludes halogenated alkanes) is 20. The Labute approximate surface area is 268 Å². The molecule has 0 fully saturated rings. The van der Waals surface area contributed by atoms with Gasteiger partial charge in [-0.2, -0.15) is 16.8 Å². The number of carbonyl (C=O) groups is 2. The molecule has 12 nitrogen and oxygen atoms in total. The third-order valence-electron chi connectivity index (χ3n) is 7.15. The van der Waals surface area contributed by atoms with Crippen LogP contribution in [0.5, 0.6) is 0 Å². The number of ether oxygens (including phenoxy) is 1. The van der Waals surface area contributed by atoms with Gasteiger partial charge in [0.05, 0.1) is 19.6 Å². The van der Waals surface area contributed by atoms with Gasteiger partial charge in [0.2, 0.25) is 0 Å². The van der Waals surface area contributed by atoms with Gasteiger partial charge >= 0.3 is 22.3 Å². The first kappa shape index (κ1) is 47.1. The average molecular weight is 677 g/mol. The van der Waals surface area contributed by atoms with Gasteiger partial charge in [0, 0.05) is 0 Å². The van der Waals surface area contributed by atoms with E-state index in [-0.39, 0.29) is 25.5 Å². The van der Waals surface area contributed by atoms with Gasteiger partial charge in [-0.25, -0.2) is 8.98 Å². The Morgan fingerprint density at radius 3 is 1.27 bits per heavy atom. The van der Waals surface area contributed by atoms with Crippen LogP contribution >= 0.6 is 0 Å². The quantitative estimate of drug-likeness (QED) is 0.0375. The molecule has 0 aromatic carbocycles. The molecular formula is C30H64N2O10S2. The molecule has 0 bridgehead atoms. The molecule has 266 valence electrons. The summed E-state index contributed by atoms with van der Waals surface area (Å²) >= 11 is 0. The maximum absolute atomic E-state index is 12.2. The monoisotopic (exact) mass is 676 g/mol. The van der Waals surface area contributed by atoms with Gasteiger partial charge in [-0.05, 0) is 12.8 Å². The molecule has 0 saturated carbocycles. The topological polar surface area (TPSA) is 220 Å². The van der Waals surface area contributed by atoms with Gasteiger partial charge in [-0.1, -0.05) is 142 Å². The van der Waals surface area contributed by atoms with Crippen LogP contribution in [0.4, 0.5) is 0 Å². The highest BCUT2D eigenvalue weighted by Crippen LogP contribution is 2.15. The summed E-state index contributed by atoms with van der Waals surface area (Å²) in [5.41, 5.74) is 0. The first-order chi connectivity index (χ1) is 20.0. The molecule has 0 amide bonds. The van der Waals surface area contributed by atoms with Gasteiger partial charge in [0.1, 0.15) is 0 Å². The smallest absolute Gasteiger partial charge is 0.451 e. The van der Waals surface area contributed by atoms with E-state index in [2.05, 4.69) is 22.2 Å². The summed E-state index contributed by atoms with van der Waals surface area (Å²) < 4.78 is 70.4. The number of carbonyl (C=O) groups excluding carboxylic acids is 2. The van der Waals surface area contributed by atoms with Crippen molar-refractivity contribution in [3.05, 3.63) is 0 Å². The van der Waals surface area contributed by atoms with Crippen molar-refractivity contribution in [1.82, 2.24) is 12.3 Å². The minimum atomic E-state index is -5.13. The van der Waals surface area contributed by atoms with E-state index in [4.69, 9.17) is 4.74 Å². The minimum Gasteiger partial charge on any atom is -0.466 e. The number of rotatable bonds is 30. The summed E-state index contributed by atoms with van der Waals surface area (Å²) in [7, 11) is -9.98. The van der Waals surface area contributed by atoms with Crippen LogP contribution in [-0.2, 0) is 43.2 Å². The molecule has 0 aliphatic rings. The van der Waals surface area contributed by atoms with E-state index < -0.39 is 44.1 Å². The lowest BCUT2D eigenvalue weighted by molar-refractivity contribution is -0.147. The summed E-state index contributed by atoms with van der Waals surface area (Å²) in [6.07, 6.45) is 22.9. The second-order valence-corrected chi connectivity index (χ2v) is 13.9. The highest BCUT2D eigenvalue weighted by Gasteiger charge is 2.38. The van der Waals surface area contributed by atoms with E-state index in [0.717, 1.165) is 51.4 Å². The fourth-order valence-corrected chi connectivity index (χ4v) is 5.96. The number of hydrogen-bond acceptors (Lipinski definition) is 11. The summed E-state index contributed by atoms with van der Waals surface area (Å²) in [5, 5.41) is -2.43. The zero-order valence-corrected chi connectivity index (χ0v) is 29.2. The van der Waals surface area contributed by atoms with Crippen molar-refractivity contribution in [2.24, 2.45) is 0 Å². The second-order valence-electron chi connectivity index (χ2n) is 11.1. The highest BCUT2D eigenvalue weighted by atomic mass is 32.3. The summed E-state index contributed by atoms with van der Waals surface area (Å²) in [6, 6.07) is 0. The normalized spacial score (nSPS) is 12.2. The van der Waals surface area contributed by atoms with Crippen LogP contribution in [0.1, 0.15) is 162 Å². The summed E-state index contributed by atoms with van der Waals surface area (Å²) in [4.78, 5) is 24.3. The average Bonchev–Trinajstić information content (AvgIpc) is 2.92. The van der Waals surface area contributed by atoms with Gasteiger partial charge in [0.25, 0.3) is 10.1 Å². The van der Waals surface area contributed by atoms with E-state index in [1.54, 1.807) is 0 Å². The van der Waals surface area contributed by atoms with E-state index in [1.165, 1.54) is 77.0 Å². The standard InChI is InChI=1S/C30H58O10S2.2H3N/c1-3-5-7-9-11-13-15-16-17-19-21-23-25-38-29(31)27-28(41(33,34)35)30(32)40-42(36,37)39-26-24-22-20-18-14-12-10-8-6-4-2;;/h28H,3-27H2,1-2H3,(H,33,34,35);2*1H3. The van der Waals surface area contributed by atoms with Crippen molar-refractivity contribution in [3.63, 3.8) is 0 Å². The van der Waals surface area contributed by atoms with Crippen molar-refractivity contribution >= 4 is 32.5 Å². The first-order valence-electron chi connectivity index (χ1n) is 16.3. The van der Waals surface area contributed by atoms with Gasteiger partial charge in [-0.15, -0.1) is 0 Å². The third-order valence-corrected chi connectivity index (χ3v) is 9.05. The maximum Gasteiger partial charge on any atom is 0.451 e. The number of hydrogen-bond donors (Lipinski definition) is 3. The van der Waals surface area contributed by atoms with Crippen molar-refractivity contribution < 1.29 is 44.1 Å². The van der Waals surface area contributed by atoms with E-state index in [9.17, 15) is 31.0 Å². The van der Waals surface area contributed by atoms with Crippen LogP contribution in [0.3, 0.4) is 0 Å². The Morgan fingerprint density at radius 1 is 0.568 bits per heavy atom. The molecule has 1 unspecified atom stereocenters. The molecule has 7 N–H and O–H groups in total. The SMILES string of the molecule is CCCCCCCCCCCCCCOC(=O)CC(C(=O)OS(=O)(=O)OCCCCCCCCCCCC)S(=O)(=O)O.N.N. The predicted octanol–water partition coefficient (Wildman–Crippen LogP) is 7.93. The van der Waals surface area contributed by atoms with Crippen LogP contribution in [0.25, 0.3) is 0 Å². The lowest BCUT2D eigenvalue weighted by Crippen LogP contribution is -2.36. The van der Waals surface area contributed by atoms with Crippen LogP contribution in [0.2, 0.25) is 0 Å². The van der Waals surface area contributed by atoms with E-state index in [1.807, 2.05) is 0 Å². The van der Waals surface area contributed by atoms with E-state index >= 15 is 0 Å². The zero-order valence-electron chi connectivity index (χ0n) is 27.6. The third kappa shape index (κ3) is 29.4. The summed E-state index contributed by atoms with van der Waals surface area (Å²) in [5.74, 6) is -2.87. The molecule has 0 radical (unpaired) electrons. The van der Waals surface area contributed by atoms with Crippen molar-refractivity contribution in [2.45, 2.75) is 167 Å². The molecule has 0 heterocycles. The fourth-order valence-electron chi connectivity index (χ4n) is 4.58. The molecule has 0 aliphatic heterocycles. The molecule has 0 saturated heterocycles. The minimum absolute atomic E-state index is 0. The molecule has 0 aromatic heterocycles. The molecular weight excluding hydrogens is 612 g/mol. The van der Waals surface area contributed by atoms with Gasteiger partial charge < -0.3 is 21.2 Å². The lowest BCUT2D eigenvalue weighted by atomic mass is 10.1. The zero-order chi connectivity index (χ0) is 31.5. The molecule has 0 aliphatic carbocycles. The molecule has 0 spiro atoms. The first-order valence-corrected chi connectivity index (χ1v) is 19.1. The Morgan fingerprint density at radius 2 is 0.909 bits per heavy atom. The Balaban J connectivity index is -0.00000840. The maximum atomic E-state index is 12.2. The molecule has 0 rings (SSSR count). The van der Waals surface area contributed by atoms with Gasteiger partial charge in [-0.3, -0.25) is 9.35 Å². The van der Waals surface area contributed by atoms with Crippen molar-refractivity contribution in [1.29, 1.82) is 0 Å². The number of esters is 1. The molecule has 0 aromatic rings. The second kappa shape index (κ2) is 30.3. The Hall–Kier alpha value is -1.32. The van der Waals surface area contributed by atoms with Crippen LogP contribution in [0, 0.1) is 0 Å². The van der Waals surface area contributed by atoms with Crippen LogP contribution < -0.4 is 12.3 Å². The van der Waals surface area contributed by atoms with E-state index in [0.29, 0.717) is 12.8 Å². The van der Waals surface area contributed by atoms with Crippen molar-refractivity contribution in [3.8, 4) is 0 Å². The van der Waals surface area contributed by atoms with Gasteiger partial charge in [0.15, 0.2) is 5.25 Å². The van der Waals surface area contributed by atoms with Crippen LogP contribution in [0.15, 0.2) is 0 Å². The Bertz CT molecular complexity index is 900. The lowest BCUT2D eigenvalue weighted by Gasteiger charge is -2.13. The highest BCUT2D eigenvalue weighted by molar-refractivity contribution is 7.87. The summed E-state index contributed by atoms with van der Waals surface area (Å²) in [6.45, 7) is 4.18. The largest absolute Gasteiger partial charge is 0.466 e. The van der Waals surface area contributed by atoms with Crippen molar-refractivity contribution in [2.75, 3.05) is 13.2 Å². The molecule has 14 heteroatoms. The predicted molar refractivity (Wildman–Crippen MR) is 175 cm³/mol. The van der Waals surface area contributed by atoms with Crippen LogP contribution in [-0.4, -0.2) is 51.8 Å². The molecule has 44 heavy (non-hydrogen) atoms. The Kier molecular flexibility index (Phi) is 32.5. The fraction of sp³-hybridized carbons (Fsp3) is 0.933.